The van der Waals surface area contributed by atoms with Crippen LogP contribution in [0.25, 0.3) is 5.69 Å². The van der Waals surface area contributed by atoms with Crippen LogP contribution in [-0.2, 0) is 4.79 Å². The Morgan fingerprint density at radius 3 is 2.54 bits per heavy atom. The summed E-state index contributed by atoms with van der Waals surface area (Å²) in [4.78, 5) is 35.8. The van der Waals surface area contributed by atoms with E-state index in [1.807, 2.05) is 45.9 Å². The Morgan fingerprint density at radius 2 is 1.92 bits per heavy atom. The number of carboxylic acid groups (broad SMARTS) is 1. The van der Waals surface area contributed by atoms with Crippen molar-refractivity contribution in [3.8, 4) is 5.69 Å². The molecule has 1 aromatic carbocycles. The second-order valence-corrected chi connectivity index (χ2v) is 7.03. The number of H-pyrrole nitrogens is 1. The van der Waals surface area contributed by atoms with E-state index in [4.69, 9.17) is 5.11 Å². The van der Waals surface area contributed by atoms with Gasteiger partial charge >= 0.3 is 5.97 Å². The SMILES string of the molecule is Cc1ccc(C)c(-n2[nH]c(C(=O)NC(CC(=O)O)CC(C)C)cc2=O)c1. The molecule has 7 nitrogen and oxygen atoms in total. The summed E-state index contributed by atoms with van der Waals surface area (Å²) in [6.45, 7) is 7.72. The molecule has 3 N–H and O–H groups in total. The third-order valence-corrected chi connectivity index (χ3v) is 4.08. The van der Waals surface area contributed by atoms with Crippen molar-refractivity contribution in [3.05, 3.63) is 51.4 Å². The molecule has 1 atom stereocenters. The standard InChI is InChI=1S/C19H25N3O4/c1-11(2)7-14(9-18(24)25)20-19(26)15-10-17(23)22(21-15)16-8-12(3)5-6-13(16)4/h5-6,8,10-11,14,21H,7,9H2,1-4H3,(H,20,26)(H,24,25). The number of nitrogens with zero attached hydrogens (tertiary/aromatic N) is 1. The Morgan fingerprint density at radius 1 is 1.23 bits per heavy atom. The molecule has 0 saturated carbocycles. The van der Waals surface area contributed by atoms with E-state index >= 15 is 0 Å². The number of carbonyl (C=O) groups is 2. The lowest BCUT2D eigenvalue weighted by Crippen LogP contribution is -2.37. The van der Waals surface area contributed by atoms with Gasteiger partial charge < -0.3 is 10.4 Å². The predicted octanol–water partition coefficient (Wildman–Crippen LogP) is 2.40. The van der Waals surface area contributed by atoms with Gasteiger partial charge in [0.25, 0.3) is 11.5 Å². The molecule has 0 aliphatic heterocycles. The lowest BCUT2D eigenvalue weighted by molar-refractivity contribution is -0.137. The van der Waals surface area contributed by atoms with Crippen LogP contribution in [0.5, 0.6) is 0 Å². The second kappa shape index (κ2) is 8.03. The Balaban J connectivity index is 2.26. The van der Waals surface area contributed by atoms with Crippen LogP contribution in [-0.4, -0.2) is 32.8 Å². The molecule has 0 spiro atoms. The molecule has 1 unspecified atom stereocenters. The fourth-order valence-corrected chi connectivity index (χ4v) is 2.89. The van der Waals surface area contributed by atoms with E-state index in [9.17, 15) is 14.4 Å². The highest BCUT2D eigenvalue weighted by Gasteiger charge is 2.20. The molecule has 0 fully saturated rings. The monoisotopic (exact) mass is 359 g/mol. The Hall–Kier alpha value is -2.83. The summed E-state index contributed by atoms with van der Waals surface area (Å²) in [6.07, 6.45) is 0.381. The molecular weight excluding hydrogens is 334 g/mol. The first-order valence-corrected chi connectivity index (χ1v) is 8.59. The number of aryl methyl sites for hydroxylation is 2. The summed E-state index contributed by atoms with van der Waals surface area (Å²) in [5.74, 6) is -1.23. The summed E-state index contributed by atoms with van der Waals surface area (Å²) >= 11 is 0. The minimum Gasteiger partial charge on any atom is -0.481 e. The number of aromatic nitrogens is 2. The molecule has 0 bridgehead atoms. The number of amides is 1. The summed E-state index contributed by atoms with van der Waals surface area (Å²) in [5.41, 5.74) is 2.34. The maximum absolute atomic E-state index is 12.5. The van der Waals surface area contributed by atoms with Gasteiger partial charge in [0.05, 0.1) is 12.1 Å². The molecule has 2 rings (SSSR count). The zero-order valence-corrected chi connectivity index (χ0v) is 15.5. The van der Waals surface area contributed by atoms with Crippen LogP contribution < -0.4 is 10.9 Å². The zero-order valence-electron chi connectivity index (χ0n) is 15.5. The number of hydrogen-bond donors (Lipinski definition) is 3. The van der Waals surface area contributed by atoms with E-state index < -0.39 is 17.9 Å². The number of hydrogen-bond acceptors (Lipinski definition) is 3. The van der Waals surface area contributed by atoms with Gasteiger partial charge in [-0.15, -0.1) is 0 Å². The third kappa shape index (κ3) is 4.84. The maximum Gasteiger partial charge on any atom is 0.305 e. The quantitative estimate of drug-likeness (QED) is 0.706. The highest BCUT2D eigenvalue weighted by molar-refractivity contribution is 5.92. The van der Waals surface area contributed by atoms with Gasteiger partial charge in [0.15, 0.2) is 0 Å². The predicted molar refractivity (Wildman–Crippen MR) is 98.8 cm³/mol. The van der Waals surface area contributed by atoms with E-state index in [0.717, 1.165) is 11.1 Å². The van der Waals surface area contributed by atoms with Gasteiger partial charge in [0.1, 0.15) is 5.69 Å². The van der Waals surface area contributed by atoms with Gasteiger partial charge in [0.2, 0.25) is 0 Å². The fraction of sp³-hybridized carbons (Fsp3) is 0.421. The van der Waals surface area contributed by atoms with Crippen LogP contribution >= 0.6 is 0 Å². The van der Waals surface area contributed by atoms with Crippen molar-refractivity contribution in [2.75, 3.05) is 0 Å². The summed E-state index contributed by atoms with van der Waals surface area (Å²) < 4.78 is 1.33. The molecule has 0 radical (unpaired) electrons. The second-order valence-electron chi connectivity index (χ2n) is 7.03. The largest absolute Gasteiger partial charge is 0.481 e. The van der Waals surface area contributed by atoms with Crippen molar-refractivity contribution in [3.63, 3.8) is 0 Å². The van der Waals surface area contributed by atoms with E-state index in [2.05, 4.69) is 10.4 Å². The van der Waals surface area contributed by atoms with Gasteiger partial charge in [0, 0.05) is 12.1 Å². The normalized spacial score (nSPS) is 12.2. The Bertz CT molecular complexity index is 864. The molecule has 1 heterocycles. The molecule has 140 valence electrons. The fourth-order valence-electron chi connectivity index (χ4n) is 2.89. The minimum atomic E-state index is -0.975. The van der Waals surface area contributed by atoms with Crippen molar-refractivity contribution in [2.45, 2.75) is 46.6 Å². The van der Waals surface area contributed by atoms with Gasteiger partial charge in [-0.1, -0.05) is 26.0 Å². The Kier molecular flexibility index (Phi) is 6.02. The molecule has 7 heteroatoms. The van der Waals surface area contributed by atoms with Gasteiger partial charge in [-0.3, -0.25) is 19.5 Å². The third-order valence-electron chi connectivity index (χ3n) is 4.08. The molecule has 26 heavy (non-hydrogen) atoms. The van der Waals surface area contributed by atoms with E-state index in [1.165, 1.54) is 10.7 Å². The van der Waals surface area contributed by atoms with Gasteiger partial charge in [-0.2, -0.15) is 0 Å². The Labute approximate surface area is 152 Å². The number of benzene rings is 1. The smallest absolute Gasteiger partial charge is 0.305 e. The first kappa shape index (κ1) is 19.5. The molecule has 2 aromatic rings. The van der Waals surface area contributed by atoms with E-state index in [0.29, 0.717) is 12.1 Å². The number of aliphatic carboxylic acids is 1. The lowest BCUT2D eigenvalue weighted by Gasteiger charge is -2.18. The van der Waals surface area contributed by atoms with Crippen LogP contribution in [0.3, 0.4) is 0 Å². The molecule has 0 aliphatic rings. The highest BCUT2D eigenvalue weighted by Crippen LogP contribution is 2.14. The average Bonchev–Trinajstić information content (AvgIpc) is 2.90. The van der Waals surface area contributed by atoms with Crippen molar-refractivity contribution in [1.29, 1.82) is 0 Å². The van der Waals surface area contributed by atoms with Crippen LogP contribution in [0.1, 0.15) is 48.3 Å². The van der Waals surface area contributed by atoms with E-state index in [-0.39, 0.29) is 23.6 Å². The lowest BCUT2D eigenvalue weighted by atomic mass is 10.0. The minimum absolute atomic E-state index is 0.107. The molecule has 0 aliphatic carbocycles. The van der Waals surface area contributed by atoms with Crippen LogP contribution in [0.15, 0.2) is 29.1 Å². The molecular formula is C19H25N3O4. The first-order chi connectivity index (χ1) is 12.2. The topological polar surface area (TPSA) is 104 Å². The summed E-state index contributed by atoms with van der Waals surface area (Å²) in [7, 11) is 0. The van der Waals surface area contributed by atoms with Crippen LogP contribution in [0.2, 0.25) is 0 Å². The maximum atomic E-state index is 12.5. The summed E-state index contributed by atoms with van der Waals surface area (Å²) in [6, 6.07) is 6.45. The van der Waals surface area contributed by atoms with E-state index in [1.54, 1.807) is 0 Å². The average molecular weight is 359 g/mol. The van der Waals surface area contributed by atoms with Gasteiger partial charge in [-0.05, 0) is 43.4 Å². The van der Waals surface area contributed by atoms with Crippen molar-refractivity contribution in [2.24, 2.45) is 5.92 Å². The number of carboxylic acids is 1. The first-order valence-electron chi connectivity index (χ1n) is 8.59. The zero-order chi connectivity index (χ0) is 19.4. The highest BCUT2D eigenvalue weighted by atomic mass is 16.4. The molecule has 1 amide bonds. The van der Waals surface area contributed by atoms with Crippen molar-refractivity contribution >= 4 is 11.9 Å². The van der Waals surface area contributed by atoms with Crippen molar-refractivity contribution in [1.82, 2.24) is 15.1 Å². The molecule has 0 saturated heterocycles. The van der Waals surface area contributed by atoms with Crippen molar-refractivity contribution < 1.29 is 14.7 Å². The van der Waals surface area contributed by atoms with Crippen LogP contribution in [0.4, 0.5) is 0 Å². The number of carbonyl (C=O) groups excluding carboxylic acids is 1. The van der Waals surface area contributed by atoms with Gasteiger partial charge in [-0.25, -0.2) is 4.68 Å². The number of rotatable bonds is 7. The van der Waals surface area contributed by atoms with Crippen LogP contribution in [0, 0.1) is 19.8 Å². The number of aromatic amines is 1. The molecule has 1 aromatic heterocycles. The summed E-state index contributed by atoms with van der Waals surface area (Å²) in [5, 5.41) is 14.6. The number of nitrogens with one attached hydrogen (secondary N) is 2.